The van der Waals surface area contributed by atoms with Crippen molar-refractivity contribution in [1.82, 2.24) is 0 Å². The largest absolute Gasteiger partial charge is 0.488 e. The molecule has 0 unspecified atom stereocenters. The molecule has 146 valence electrons. The molecule has 2 fully saturated rings. The normalized spacial score (nSPS) is 21.9. The van der Waals surface area contributed by atoms with E-state index in [0.29, 0.717) is 17.3 Å². The highest BCUT2D eigenvalue weighted by Gasteiger charge is 2.53. The molecule has 2 nitrogen and oxygen atoms in total. The van der Waals surface area contributed by atoms with Crippen molar-refractivity contribution in [1.29, 1.82) is 0 Å². The van der Waals surface area contributed by atoms with Gasteiger partial charge in [0.05, 0.1) is 0 Å². The zero-order valence-corrected chi connectivity index (χ0v) is 16.7. The summed E-state index contributed by atoms with van der Waals surface area (Å²) in [6.45, 7) is 0. The molecule has 28 heavy (non-hydrogen) atoms. The van der Waals surface area contributed by atoms with Gasteiger partial charge in [-0.1, -0.05) is 81.0 Å². The summed E-state index contributed by atoms with van der Waals surface area (Å²) in [6, 6.07) is 15.2. The van der Waals surface area contributed by atoms with Crippen LogP contribution in [0, 0.1) is 11.8 Å². The third kappa shape index (κ3) is 2.70. The van der Waals surface area contributed by atoms with Crippen LogP contribution in [0.25, 0.3) is 11.1 Å². The molecule has 2 aromatic carbocycles. The molecule has 3 aliphatic carbocycles. The molecular formula is C25H31BO2. The van der Waals surface area contributed by atoms with E-state index in [1.165, 1.54) is 86.5 Å². The van der Waals surface area contributed by atoms with Gasteiger partial charge in [0.1, 0.15) is 0 Å². The molecule has 0 spiro atoms. The molecule has 0 aliphatic heterocycles. The predicted octanol–water partition coefficient (Wildman–Crippen LogP) is 4.79. The summed E-state index contributed by atoms with van der Waals surface area (Å²) < 4.78 is 0. The maximum Gasteiger partial charge on any atom is 0.488 e. The monoisotopic (exact) mass is 374 g/mol. The van der Waals surface area contributed by atoms with E-state index in [4.69, 9.17) is 0 Å². The van der Waals surface area contributed by atoms with Crippen molar-refractivity contribution in [3.05, 3.63) is 53.6 Å². The molecule has 2 aromatic rings. The first kappa shape index (κ1) is 18.5. The van der Waals surface area contributed by atoms with Gasteiger partial charge in [-0.3, -0.25) is 0 Å². The first-order valence-electron chi connectivity index (χ1n) is 11.3. The molecule has 0 heterocycles. The quantitative estimate of drug-likeness (QED) is 0.758. The first-order valence-corrected chi connectivity index (χ1v) is 11.3. The van der Waals surface area contributed by atoms with Gasteiger partial charge in [0.2, 0.25) is 0 Å². The Kier molecular flexibility index (Phi) is 4.84. The minimum absolute atomic E-state index is 0.0532. The molecule has 3 aliphatic rings. The summed E-state index contributed by atoms with van der Waals surface area (Å²) in [5, 5.41) is 19.8. The van der Waals surface area contributed by atoms with Gasteiger partial charge in [-0.15, -0.1) is 0 Å². The molecule has 0 atom stereocenters. The van der Waals surface area contributed by atoms with Crippen molar-refractivity contribution >= 4 is 12.6 Å². The minimum atomic E-state index is -1.40. The second-order valence-electron chi connectivity index (χ2n) is 9.26. The molecule has 0 radical (unpaired) electrons. The Hall–Kier alpha value is -1.58. The van der Waals surface area contributed by atoms with Crippen LogP contribution in [0.5, 0.6) is 0 Å². The van der Waals surface area contributed by atoms with Crippen LogP contribution in [0.3, 0.4) is 0 Å². The first-order chi connectivity index (χ1) is 13.7. The van der Waals surface area contributed by atoms with Gasteiger partial charge in [-0.2, -0.15) is 0 Å². The van der Waals surface area contributed by atoms with E-state index in [2.05, 4.69) is 36.4 Å². The lowest BCUT2D eigenvalue weighted by atomic mass is 9.54. The van der Waals surface area contributed by atoms with E-state index in [0.717, 1.165) is 0 Å². The Morgan fingerprint density at radius 3 is 1.86 bits per heavy atom. The summed E-state index contributed by atoms with van der Waals surface area (Å²) >= 11 is 0. The van der Waals surface area contributed by atoms with E-state index < -0.39 is 7.12 Å². The maximum atomic E-state index is 9.92. The van der Waals surface area contributed by atoms with Gasteiger partial charge >= 0.3 is 7.12 Å². The van der Waals surface area contributed by atoms with Gasteiger partial charge in [0.15, 0.2) is 0 Å². The molecule has 3 heteroatoms. The lowest BCUT2D eigenvalue weighted by molar-refractivity contribution is 0.137. The third-order valence-electron chi connectivity index (χ3n) is 7.95. The standard InChI is InChI=1S/C25H31BO2/c27-26(28)20-15-16-22-21-13-7-8-14-23(21)25(24(22)17-20,18-9-3-1-4-10-18)19-11-5-2-6-12-19/h7-8,13-19,27-28H,1-6,9-12H2. The van der Waals surface area contributed by atoms with Crippen LogP contribution in [-0.4, -0.2) is 17.2 Å². The molecule has 0 aromatic heterocycles. The topological polar surface area (TPSA) is 40.5 Å². The van der Waals surface area contributed by atoms with Crippen molar-refractivity contribution in [3.63, 3.8) is 0 Å². The summed E-state index contributed by atoms with van der Waals surface area (Å²) in [6.07, 6.45) is 13.3. The zero-order valence-electron chi connectivity index (χ0n) is 16.7. The maximum absolute atomic E-state index is 9.92. The van der Waals surface area contributed by atoms with Crippen molar-refractivity contribution in [2.75, 3.05) is 0 Å². The number of hydrogen-bond acceptors (Lipinski definition) is 2. The fourth-order valence-corrected chi connectivity index (χ4v) is 6.85. The second kappa shape index (κ2) is 7.35. The fraction of sp³-hybridized carbons (Fsp3) is 0.520. The molecule has 2 saturated carbocycles. The van der Waals surface area contributed by atoms with Crippen LogP contribution < -0.4 is 5.46 Å². The highest BCUT2D eigenvalue weighted by Crippen LogP contribution is 2.61. The molecule has 0 bridgehead atoms. The average Bonchev–Trinajstić information content (AvgIpc) is 3.05. The van der Waals surface area contributed by atoms with E-state index in [1.807, 2.05) is 6.07 Å². The van der Waals surface area contributed by atoms with Gasteiger partial charge in [0, 0.05) is 5.41 Å². The molecular weight excluding hydrogens is 343 g/mol. The Morgan fingerprint density at radius 2 is 1.25 bits per heavy atom. The highest BCUT2D eigenvalue weighted by atomic mass is 16.4. The minimum Gasteiger partial charge on any atom is -0.423 e. The summed E-state index contributed by atoms with van der Waals surface area (Å²) in [7, 11) is -1.40. The van der Waals surface area contributed by atoms with Crippen LogP contribution >= 0.6 is 0 Å². The number of rotatable bonds is 3. The summed E-state index contributed by atoms with van der Waals surface area (Å²) in [5.41, 5.74) is 6.32. The molecule has 0 amide bonds. The van der Waals surface area contributed by atoms with Crippen LogP contribution in [0.2, 0.25) is 0 Å². The van der Waals surface area contributed by atoms with Gasteiger partial charge in [-0.25, -0.2) is 0 Å². The van der Waals surface area contributed by atoms with Crippen molar-refractivity contribution in [3.8, 4) is 11.1 Å². The van der Waals surface area contributed by atoms with Gasteiger partial charge in [0.25, 0.3) is 0 Å². The summed E-state index contributed by atoms with van der Waals surface area (Å²) in [4.78, 5) is 0. The average molecular weight is 374 g/mol. The van der Waals surface area contributed by atoms with Crippen molar-refractivity contribution in [2.24, 2.45) is 11.8 Å². The van der Waals surface area contributed by atoms with Gasteiger partial charge < -0.3 is 10.0 Å². The van der Waals surface area contributed by atoms with Gasteiger partial charge in [-0.05, 0) is 65.2 Å². The lowest BCUT2D eigenvalue weighted by Crippen LogP contribution is -2.44. The third-order valence-corrected chi connectivity index (χ3v) is 7.95. The van der Waals surface area contributed by atoms with E-state index in [-0.39, 0.29) is 5.41 Å². The number of benzene rings is 2. The summed E-state index contributed by atoms with van der Waals surface area (Å²) in [5.74, 6) is 1.33. The second-order valence-corrected chi connectivity index (χ2v) is 9.26. The van der Waals surface area contributed by atoms with Crippen LogP contribution in [-0.2, 0) is 5.41 Å². The predicted molar refractivity (Wildman–Crippen MR) is 116 cm³/mol. The highest BCUT2D eigenvalue weighted by molar-refractivity contribution is 6.58. The number of fused-ring (bicyclic) bond motifs is 3. The Bertz CT molecular complexity index is 829. The zero-order chi connectivity index (χ0) is 19.1. The lowest BCUT2D eigenvalue weighted by Gasteiger charge is -2.49. The Labute approximate surface area is 169 Å². The van der Waals surface area contributed by atoms with E-state index >= 15 is 0 Å². The van der Waals surface area contributed by atoms with Crippen molar-refractivity contribution in [2.45, 2.75) is 69.6 Å². The van der Waals surface area contributed by atoms with E-state index in [9.17, 15) is 10.0 Å². The molecule has 0 saturated heterocycles. The van der Waals surface area contributed by atoms with Crippen LogP contribution in [0.4, 0.5) is 0 Å². The van der Waals surface area contributed by atoms with Crippen molar-refractivity contribution < 1.29 is 10.0 Å². The van der Waals surface area contributed by atoms with E-state index in [1.54, 1.807) is 0 Å². The van der Waals surface area contributed by atoms with Crippen LogP contribution in [0.15, 0.2) is 42.5 Å². The van der Waals surface area contributed by atoms with Crippen LogP contribution in [0.1, 0.15) is 75.3 Å². The Balaban J connectivity index is 1.78. The fourth-order valence-electron chi connectivity index (χ4n) is 6.85. The SMILES string of the molecule is OB(O)c1ccc2c(c1)C(C1CCCCC1)(C1CCCCC1)c1ccccc1-2. The molecule has 5 rings (SSSR count). The Morgan fingerprint density at radius 1 is 0.679 bits per heavy atom. The number of hydrogen-bond donors (Lipinski definition) is 2. The molecule has 2 N–H and O–H groups in total. The smallest absolute Gasteiger partial charge is 0.423 e.